The van der Waals surface area contributed by atoms with Gasteiger partial charge in [-0.1, -0.05) is 6.08 Å². The van der Waals surface area contributed by atoms with E-state index in [0.717, 1.165) is 0 Å². The summed E-state index contributed by atoms with van der Waals surface area (Å²) < 4.78 is 0. The van der Waals surface area contributed by atoms with Crippen LogP contribution in [0.2, 0.25) is 0 Å². The number of allylic oxidation sites excluding steroid dienone is 2. The lowest BCUT2D eigenvalue weighted by Gasteiger charge is -2.27. The summed E-state index contributed by atoms with van der Waals surface area (Å²) in [6.45, 7) is 1.25. The number of aliphatic hydroxyl groups excluding tert-OH is 1. The Kier molecular flexibility index (Phi) is 2.10. The lowest BCUT2D eigenvalue weighted by molar-refractivity contribution is -0.122. The lowest BCUT2D eigenvalue weighted by Crippen LogP contribution is -2.51. The number of aliphatic hydroxyl groups is 1. The Morgan fingerprint density at radius 1 is 1.64 bits per heavy atom. The molecule has 0 saturated heterocycles. The van der Waals surface area contributed by atoms with Gasteiger partial charge in [0.2, 0.25) is 0 Å². The van der Waals surface area contributed by atoms with E-state index in [9.17, 15) is 4.79 Å². The second-order valence-electron chi connectivity index (χ2n) is 2.55. The Morgan fingerprint density at radius 2 is 2.36 bits per heavy atom. The molecule has 0 radical (unpaired) electrons. The molecule has 0 bridgehead atoms. The van der Waals surface area contributed by atoms with Gasteiger partial charge in [-0.25, -0.2) is 0 Å². The van der Waals surface area contributed by atoms with Crippen molar-refractivity contribution in [3.63, 3.8) is 0 Å². The number of Topliss-reactive ketones (excluding diaryl/α,β-unsaturated/α-hetero) is 1. The molecule has 0 aromatic carbocycles. The highest BCUT2D eigenvalue weighted by Crippen LogP contribution is 2.10. The summed E-state index contributed by atoms with van der Waals surface area (Å²) in [5.41, 5.74) is -0.880. The van der Waals surface area contributed by atoms with Crippen molar-refractivity contribution in [2.75, 3.05) is 6.61 Å². The Bertz CT molecular complexity index is 220. The number of ketones is 1. The molecule has 0 aromatic heterocycles. The fourth-order valence-electron chi connectivity index (χ4n) is 0.949. The van der Waals surface area contributed by atoms with Crippen molar-refractivity contribution in [2.24, 2.45) is 0 Å². The second-order valence-corrected chi connectivity index (χ2v) is 2.55. The second kappa shape index (κ2) is 2.88. The van der Waals surface area contributed by atoms with Gasteiger partial charge >= 0.3 is 0 Å². The molecule has 0 fully saturated rings. The maximum atomic E-state index is 11.0. The number of hydrogen-bond acceptors (Lipinski definition) is 3. The molecule has 1 aliphatic heterocycles. The van der Waals surface area contributed by atoms with Gasteiger partial charge in [0.25, 0.3) is 0 Å². The zero-order valence-electron chi connectivity index (χ0n) is 6.37. The van der Waals surface area contributed by atoms with E-state index in [4.69, 9.17) is 5.11 Å². The van der Waals surface area contributed by atoms with Crippen molar-refractivity contribution in [3.05, 3.63) is 24.4 Å². The van der Waals surface area contributed by atoms with Gasteiger partial charge in [-0.15, -0.1) is 0 Å². The number of carbonyl (C=O) groups excluding carboxylic acids is 1. The third-order valence-corrected chi connectivity index (χ3v) is 1.81. The molecular formula is C8H11NO2. The molecule has 2 N–H and O–H groups in total. The van der Waals surface area contributed by atoms with Crippen LogP contribution in [0.25, 0.3) is 0 Å². The summed E-state index contributed by atoms with van der Waals surface area (Å²) in [5.74, 6) is -0.0828. The largest absolute Gasteiger partial charge is 0.393 e. The number of hydrogen-bond donors (Lipinski definition) is 2. The number of dihydropyridines is 1. The molecule has 3 nitrogen and oxygen atoms in total. The highest BCUT2D eigenvalue weighted by Gasteiger charge is 2.30. The number of carbonyl (C=O) groups is 1. The quantitative estimate of drug-likeness (QED) is 0.586. The van der Waals surface area contributed by atoms with Gasteiger partial charge in [0.05, 0.1) is 6.61 Å². The third-order valence-electron chi connectivity index (χ3n) is 1.81. The standard InChI is InChI=1S/C8H11NO2/c1-7(11)8(6-10)4-2-3-5-9-8/h2-5,9-10H,6H2,1H3. The molecule has 0 saturated carbocycles. The average Bonchev–Trinajstić information content (AvgIpc) is 2.05. The molecule has 3 heteroatoms. The van der Waals surface area contributed by atoms with E-state index in [1.54, 1.807) is 24.4 Å². The molecule has 1 unspecified atom stereocenters. The smallest absolute Gasteiger partial charge is 0.161 e. The van der Waals surface area contributed by atoms with Crippen molar-refractivity contribution >= 4 is 5.78 Å². The Hall–Kier alpha value is -1.09. The monoisotopic (exact) mass is 153 g/mol. The van der Waals surface area contributed by atoms with E-state index in [2.05, 4.69) is 5.32 Å². The summed E-state index contributed by atoms with van der Waals surface area (Å²) in [4.78, 5) is 11.0. The first-order valence-corrected chi connectivity index (χ1v) is 3.45. The normalized spacial score (nSPS) is 28.2. The molecule has 0 aromatic rings. The van der Waals surface area contributed by atoms with E-state index in [1.807, 2.05) is 0 Å². The molecule has 1 atom stereocenters. The summed E-state index contributed by atoms with van der Waals surface area (Å²) >= 11 is 0. The molecule has 0 aliphatic carbocycles. The maximum Gasteiger partial charge on any atom is 0.161 e. The third kappa shape index (κ3) is 1.33. The summed E-state index contributed by atoms with van der Waals surface area (Å²) in [6.07, 6.45) is 6.83. The summed E-state index contributed by atoms with van der Waals surface area (Å²) in [5, 5.41) is 11.8. The Balaban J connectivity index is 2.85. The topological polar surface area (TPSA) is 49.3 Å². The van der Waals surface area contributed by atoms with Crippen molar-refractivity contribution < 1.29 is 9.90 Å². The zero-order chi connectivity index (χ0) is 8.32. The van der Waals surface area contributed by atoms with E-state index in [0.29, 0.717) is 0 Å². The first-order valence-electron chi connectivity index (χ1n) is 3.45. The van der Waals surface area contributed by atoms with Gasteiger partial charge in [0.15, 0.2) is 5.78 Å². The van der Waals surface area contributed by atoms with E-state index in [-0.39, 0.29) is 12.4 Å². The van der Waals surface area contributed by atoms with Crippen molar-refractivity contribution in [1.82, 2.24) is 5.32 Å². The molecule has 1 aliphatic rings. The van der Waals surface area contributed by atoms with E-state index < -0.39 is 5.54 Å². The fraction of sp³-hybridized carbons (Fsp3) is 0.375. The van der Waals surface area contributed by atoms with E-state index >= 15 is 0 Å². The van der Waals surface area contributed by atoms with Crippen LogP contribution in [0, 0.1) is 0 Å². The molecular weight excluding hydrogens is 142 g/mol. The molecule has 0 amide bonds. The molecule has 60 valence electrons. The molecule has 1 heterocycles. The van der Waals surface area contributed by atoms with Crippen LogP contribution in [0.15, 0.2) is 24.4 Å². The zero-order valence-corrected chi connectivity index (χ0v) is 6.37. The van der Waals surface area contributed by atoms with Gasteiger partial charge in [-0.2, -0.15) is 0 Å². The molecule has 0 spiro atoms. The van der Waals surface area contributed by atoms with Crippen LogP contribution in [0.1, 0.15) is 6.92 Å². The minimum Gasteiger partial charge on any atom is -0.393 e. The van der Waals surface area contributed by atoms with Crippen LogP contribution < -0.4 is 5.32 Å². The van der Waals surface area contributed by atoms with Crippen LogP contribution in [0.4, 0.5) is 0 Å². The predicted molar refractivity (Wildman–Crippen MR) is 41.9 cm³/mol. The van der Waals surface area contributed by atoms with Crippen molar-refractivity contribution in [3.8, 4) is 0 Å². The highest BCUT2D eigenvalue weighted by molar-refractivity contribution is 5.89. The van der Waals surface area contributed by atoms with Crippen LogP contribution in [-0.2, 0) is 4.79 Å². The van der Waals surface area contributed by atoms with Gasteiger partial charge in [-0.05, 0) is 25.3 Å². The van der Waals surface area contributed by atoms with Crippen molar-refractivity contribution in [1.29, 1.82) is 0 Å². The lowest BCUT2D eigenvalue weighted by atomic mass is 9.94. The Morgan fingerprint density at radius 3 is 2.64 bits per heavy atom. The van der Waals surface area contributed by atoms with Gasteiger partial charge in [0.1, 0.15) is 5.54 Å². The average molecular weight is 153 g/mol. The van der Waals surface area contributed by atoms with Gasteiger partial charge in [0, 0.05) is 0 Å². The Labute approximate surface area is 65.4 Å². The maximum absolute atomic E-state index is 11.0. The van der Waals surface area contributed by atoms with E-state index in [1.165, 1.54) is 6.92 Å². The minimum absolute atomic E-state index is 0.0828. The van der Waals surface area contributed by atoms with Crippen LogP contribution >= 0.6 is 0 Å². The van der Waals surface area contributed by atoms with Crippen LogP contribution in [0.3, 0.4) is 0 Å². The molecule has 1 rings (SSSR count). The predicted octanol–water partition coefficient (Wildman–Crippen LogP) is -0.0204. The van der Waals surface area contributed by atoms with Crippen molar-refractivity contribution in [2.45, 2.75) is 12.5 Å². The minimum atomic E-state index is -0.880. The first-order chi connectivity index (χ1) is 5.21. The fourth-order valence-corrected chi connectivity index (χ4v) is 0.949. The van der Waals surface area contributed by atoms with Gasteiger partial charge in [-0.3, -0.25) is 4.79 Å². The van der Waals surface area contributed by atoms with Crippen LogP contribution in [-0.4, -0.2) is 23.0 Å². The summed E-state index contributed by atoms with van der Waals surface area (Å²) in [6, 6.07) is 0. The first kappa shape index (κ1) is 8.01. The number of nitrogens with one attached hydrogen (secondary N) is 1. The number of rotatable bonds is 2. The SMILES string of the molecule is CC(=O)C1(CO)C=CC=CN1. The van der Waals surface area contributed by atoms with Gasteiger partial charge < -0.3 is 10.4 Å². The van der Waals surface area contributed by atoms with Crippen LogP contribution in [0.5, 0.6) is 0 Å². The molecule has 11 heavy (non-hydrogen) atoms. The summed E-state index contributed by atoms with van der Waals surface area (Å²) in [7, 11) is 0. The highest BCUT2D eigenvalue weighted by atomic mass is 16.3.